The van der Waals surface area contributed by atoms with E-state index >= 15 is 0 Å². The Kier molecular flexibility index (Phi) is 32.5. The summed E-state index contributed by atoms with van der Waals surface area (Å²) in [5.74, 6) is 12.9. The quantitative estimate of drug-likeness (QED) is 0.0807. The van der Waals surface area contributed by atoms with Crippen molar-refractivity contribution >= 4 is 16.1 Å². The number of terminal acetylenes is 1. The van der Waals surface area contributed by atoms with Gasteiger partial charge in [-0.25, -0.2) is 0 Å². The van der Waals surface area contributed by atoms with Crippen molar-refractivity contribution in [2.45, 2.75) is 270 Å². The van der Waals surface area contributed by atoms with Crippen molar-refractivity contribution in [2.75, 3.05) is 0 Å². The average Bonchev–Trinajstić information content (AvgIpc) is 3.20. The zero-order chi connectivity index (χ0) is 38.7. The van der Waals surface area contributed by atoms with Gasteiger partial charge in [-0.15, -0.1) is 35.3 Å². The first-order valence-corrected chi connectivity index (χ1v) is 29.6. The maximum atomic E-state index is 5.21. The molecule has 0 bridgehead atoms. The predicted molar refractivity (Wildman–Crippen MR) is 248 cm³/mol. The molecule has 0 saturated heterocycles. The Morgan fingerprint density at radius 2 is 0.623 bits per heavy atom. The second-order valence-electron chi connectivity index (χ2n) is 18.1. The summed E-state index contributed by atoms with van der Waals surface area (Å²) in [5.41, 5.74) is 7.95. The molecule has 0 heterocycles. The van der Waals surface area contributed by atoms with Crippen LogP contribution in [0.4, 0.5) is 0 Å². The van der Waals surface area contributed by atoms with Crippen LogP contribution in [-0.4, -0.2) is 16.1 Å². The predicted octanol–water partition coefficient (Wildman–Crippen LogP) is 17.3. The van der Waals surface area contributed by atoms with E-state index in [1.165, 1.54) is 222 Å². The molecule has 0 atom stereocenters. The molecular formula is C51H94Si2. The van der Waals surface area contributed by atoms with Crippen LogP contribution in [0.1, 0.15) is 234 Å². The molecule has 306 valence electrons. The summed E-state index contributed by atoms with van der Waals surface area (Å²) in [6.07, 6.45) is 46.7. The van der Waals surface area contributed by atoms with E-state index in [-0.39, 0.29) is 0 Å². The Morgan fingerprint density at radius 1 is 0.377 bits per heavy atom. The van der Waals surface area contributed by atoms with Crippen molar-refractivity contribution in [3.8, 4) is 35.3 Å². The van der Waals surface area contributed by atoms with Gasteiger partial charge in [-0.2, -0.15) is 0 Å². The van der Waals surface area contributed by atoms with Crippen molar-refractivity contribution in [1.82, 2.24) is 0 Å². The van der Waals surface area contributed by atoms with Gasteiger partial charge in [0.25, 0.3) is 0 Å². The van der Waals surface area contributed by atoms with Gasteiger partial charge < -0.3 is 0 Å². The number of hydrogen-bond donors (Lipinski definition) is 0. The van der Waals surface area contributed by atoms with Crippen molar-refractivity contribution in [2.24, 2.45) is 17.8 Å². The third-order valence-electron chi connectivity index (χ3n) is 13.1. The van der Waals surface area contributed by atoms with Crippen LogP contribution in [0.2, 0.25) is 36.3 Å². The molecule has 0 radical (unpaired) electrons. The molecule has 3 fully saturated rings. The lowest BCUT2D eigenvalue weighted by atomic mass is 9.87. The van der Waals surface area contributed by atoms with Crippen LogP contribution in [0.3, 0.4) is 0 Å². The van der Waals surface area contributed by atoms with E-state index in [1.54, 1.807) is 0 Å². The van der Waals surface area contributed by atoms with E-state index in [0.717, 1.165) is 24.2 Å². The van der Waals surface area contributed by atoms with E-state index in [9.17, 15) is 0 Å². The highest BCUT2D eigenvalue weighted by Gasteiger charge is 2.30. The van der Waals surface area contributed by atoms with Gasteiger partial charge in [-0.05, 0) is 92.5 Å². The van der Waals surface area contributed by atoms with E-state index in [4.69, 9.17) is 6.42 Å². The zero-order valence-corrected chi connectivity index (χ0v) is 39.3. The van der Waals surface area contributed by atoms with Crippen LogP contribution < -0.4 is 0 Å². The van der Waals surface area contributed by atoms with Gasteiger partial charge in [0, 0.05) is 19.3 Å². The highest BCUT2D eigenvalue weighted by molar-refractivity contribution is 6.87. The van der Waals surface area contributed by atoms with Crippen molar-refractivity contribution in [3.05, 3.63) is 0 Å². The summed E-state index contributed by atoms with van der Waals surface area (Å²) >= 11 is 0. The Labute approximate surface area is 338 Å². The Balaban J connectivity index is 0.000000430. The summed E-state index contributed by atoms with van der Waals surface area (Å²) in [6, 6.07) is 8.84. The van der Waals surface area contributed by atoms with Gasteiger partial charge in [0.15, 0.2) is 0 Å². The first-order valence-electron chi connectivity index (χ1n) is 24.4. The minimum absolute atomic E-state index is 0.865. The standard InChI is InChI=1S/2C21H40Si.C9H14/c2*1-4-7-17-22(18-8-5-2,19-9-6-3)20-13-16-21-14-11-10-12-15-21;1-2-6-9-7-4-3-5-8-9/h2*21H,4-12,14-19H2,1-3H3;1,9H,3-8H2. The Morgan fingerprint density at radius 3 is 0.849 bits per heavy atom. The summed E-state index contributed by atoms with van der Waals surface area (Å²) in [4.78, 5) is 0. The third kappa shape index (κ3) is 25.1. The van der Waals surface area contributed by atoms with Crippen molar-refractivity contribution in [3.63, 3.8) is 0 Å². The number of rotatable bonds is 21. The van der Waals surface area contributed by atoms with E-state index < -0.39 is 16.1 Å². The van der Waals surface area contributed by atoms with Gasteiger partial charge in [-0.1, -0.05) is 176 Å². The lowest BCUT2D eigenvalue weighted by Gasteiger charge is -2.26. The first-order chi connectivity index (χ1) is 26.0. The van der Waals surface area contributed by atoms with Gasteiger partial charge in [0.05, 0.1) is 0 Å². The molecule has 0 unspecified atom stereocenters. The van der Waals surface area contributed by atoms with Crippen molar-refractivity contribution in [1.29, 1.82) is 0 Å². The van der Waals surface area contributed by atoms with Crippen molar-refractivity contribution < 1.29 is 0 Å². The topological polar surface area (TPSA) is 0 Å². The van der Waals surface area contributed by atoms with E-state index in [1.807, 2.05) is 0 Å². The minimum atomic E-state index is -1.30. The molecule has 3 rings (SSSR count). The molecule has 3 saturated carbocycles. The molecule has 0 aliphatic heterocycles. The van der Waals surface area contributed by atoms with Crippen LogP contribution in [-0.2, 0) is 0 Å². The lowest BCUT2D eigenvalue weighted by molar-refractivity contribution is 0.365. The minimum Gasteiger partial charge on any atom is -0.131 e. The molecule has 0 N–H and O–H groups in total. The molecule has 3 aliphatic rings. The molecule has 0 spiro atoms. The SMILES string of the molecule is C#CCC1CCCCC1.CCCC[Si](C#CCC1CCCCC1)(CCCC)CCCC.CCCC[Si](C#CCC1CCCCC1)(CCCC)CCCC. The lowest BCUT2D eigenvalue weighted by Crippen LogP contribution is -2.32. The monoisotopic (exact) mass is 763 g/mol. The molecule has 0 aromatic rings. The number of unbranched alkanes of at least 4 members (excludes halogenated alkanes) is 6. The fraction of sp³-hybridized carbons (Fsp3) is 0.882. The molecular weight excluding hydrogens is 669 g/mol. The van der Waals surface area contributed by atoms with Crippen LogP contribution in [0.25, 0.3) is 0 Å². The van der Waals surface area contributed by atoms with Gasteiger partial charge in [0.1, 0.15) is 16.1 Å². The molecule has 0 nitrogen and oxygen atoms in total. The molecule has 2 heteroatoms. The Bertz CT molecular complexity index is 870. The van der Waals surface area contributed by atoms with Gasteiger partial charge in [-0.3, -0.25) is 0 Å². The summed E-state index contributed by atoms with van der Waals surface area (Å²) in [5, 5.41) is 0. The van der Waals surface area contributed by atoms with Gasteiger partial charge in [0.2, 0.25) is 0 Å². The largest absolute Gasteiger partial charge is 0.138 e. The van der Waals surface area contributed by atoms with E-state index in [2.05, 4.69) is 70.4 Å². The van der Waals surface area contributed by atoms with Gasteiger partial charge >= 0.3 is 0 Å². The fourth-order valence-corrected chi connectivity index (χ4v) is 18.7. The maximum Gasteiger partial charge on any atom is 0.138 e. The summed E-state index contributed by atoms with van der Waals surface area (Å²) in [6.45, 7) is 14.0. The Hall–Kier alpha value is -0.886. The van der Waals surface area contributed by atoms with Crippen LogP contribution in [0, 0.1) is 53.0 Å². The molecule has 0 aromatic heterocycles. The second-order valence-corrected chi connectivity index (χ2v) is 26.7. The van der Waals surface area contributed by atoms with E-state index in [0.29, 0.717) is 0 Å². The molecule has 0 amide bonds. The fourth-order valence-electron chi connectivity index (χ4n) is 9.32. The highest BCUT2D eigenvalue weighted by Crippen LogP contribution is 2.31. The third-order valence-corrected chi connectivity index (χ3v) is 22.4. The van der Waals surface area contributed by atoms with Crippen LogP contribution in [0.15, 0.2) is 0 Å². The van der Waals surface area contributed by atoms with Crippen LogP contribution >= 0.6 is 0 Å². The second kappa shape index (κ2) is 34.4. The normalized spacial score (nSPS) is 17.2. The molecule has 53 heavy (non-hydrogen) atoms. The summed E-state index contributed by atoms with van der Waals surface area (Å²) in [7, 11) is -2.61. The molecule has 0 aromatic carbocycles. The first kappa shape index (κ1) is 50.1. The molecule has 3 aliphatic carbocycles. The summed E-state index contributed by atoms with van der Waals surface area (Å²) < 4.78 is 0. The number of hydrogen-bond acceptors (Lipinski definition) is 0. The maximum absolute atomic E-state index is 5.21. The average molecular weight is 763 g/mol. The highest BCUT2D eigenvalue weighted by atomic mass is 28.3. The smallest absolute Gasteiger partial charge is 0.131 e. The zero-order valence-electron chi connectivity index (χ0n) is 37.3. The van der Waals surface area contributed by atoms with Crippen LogP contribution in [0.5, 0.6) is 0 Å².